The second kappa shape index (κ2) is 5.65. The molecule has 0 saturated heterocycles. The summed E-state index contributed by atoms with van der Waals surface area (Å²) in [4.78, 5) is 24.1. The molecule has 0 radical (unpaired) electrons. The van der Waals surface area contributed by atoms with Crippen LogP contribution in [0.5, 0.6) is 5.75 Å². The molecular weight excluding hydrogens is 284 g/mol. The number of methoxy groups -OCH3 is 1. The fourth-order valence-corrected chi connectivity index (χ4v) is 2.73. The van der Waals surface area contributed by atoms with Gasteiger partial charge in [0, 0.05) is 18.4 Å². The Morgan fingerprint density at radius 2 is 2.05 bits per heavy atom. The van der Waals surface area contributed by atoms with E-state index in [9.17, 15) is 14.7 Å². The number of aromatic carboxylic acids is 1. The van der Waals surface area contributed by atoms with Crippen LogP contribution in [0.1, 0.15) is 21.5 Å². The Morgan fingerprint density at radius 3 is 2.68 bits per heavy atom. The first-order valence-corrected chi connectivity index (χ1v) is 6.97. The van der Waals surface area contributed by atoms with Gasteiger partial charge in [-0.1, -0.05) is 0 Å². The van der Waals surface area contributed by atoms with Crippen LogP contribution in [-0.2, 0) is 13.0 Å². The number of aromatic nitrogens is 1. The number of hydrogen-bond acceptors (Lipinski definition) is 4. The van der Waals surface area contributed by atoms with E-state index in [1.807, 2.05) is 0 Å². The summed E-state index contributed by atoms with van der Waals surface area (Å²) in [6, 6.07) is 6.93. The number of nitrogens with zero attached hydrogens (tertiary/aromatic N) is 1. The highest BCUT2D eigenvalue weighted by molar-refractivity contribution is 5.89. The quantitative estimate of drug-likeness (QED) is 0.890. The summed E-state index contributed by atoms with van der Waals surface area (Å²) in [6.45, 7) is 1.24. The Bertz CT molecular complexity index is 778. The summed E-state index contributed by atoms with van der Waals surface area (Å²) in [5, 5.41) is 12.6. The van der Waals surface area contributed by atoms with Crippen molar-refractivity contribution < 1.29 is 14.6 Å². The van der Waals surface area contributed by atoms with Crippen molar-refractivity contribution in [1.82, 2.24) is 9.88 Å². The monoisotopic (exact) mass is 300 g/mol. The second-order valence-corrected chi connectivity index (χ2v) is 5.11. The van der Waals surface area contributed by atoms with Crippen LogP contribution in [-0.4, -0.2) is 29.3 Å². The zero-order chi connectivity index (χ0) is 15.7. The minimum Gasteiger partial charge on any atom is -0.497 e. The van der Waals surface area contributed by atoms with Crippen molar-refractivity contribution in [2.75, 3.05) is 13.7 Å². The lowest BCUT2D eigenvalue weighted by atomic mass is 9.97. The van der Waals surface area contributed by atoms with E-state index in [-0.39, 0.29) is 5.56 Å². The maximum absolute atomic E-state index is 12.6. The smallest absolute Gasteiger partial charge is 0.341 e. The van der Waals surface area contributed by atoms with Crippen molar-refractivity contribution in [3.63, 3.8) is 0 Å². The van der Waals surface area contributed by atoms with Gasteiger partial charge in [0.05, 0.1) is 7.11 Å². The Morgan fingerprint density at radius 1 is 1.32 bits per heavy atom. The highest BCUT2D eigenvalue weighted by Gasteiger charge is 2.23. The van der Waals surface area contributed by atoms with Gasteiger partial charge in [-0.25, -0.2) is 4.79 Å². The molecule has 0 amide bonds. The molecule has 0 spiro atoms. The third-order valence-electron chi connectivity index (χ3n) is 3.84. The topological polar surface area (TPSA) is 80.6 Å². The van der Waals surface area contributed by atoms with Crippen LogP contribution in [0.2, 0.25) is 0 Å². The van der Waals surface area contributed by atoms with Crippen molar-refractivity contribution >= 4 is 5.97 Å². The van der Waals surface area contributed by atoms with Gasteiger partial charge in [0.25, 0.3) is 5.56 Å². The third kappa shape index (κ3) is 2.37. The van der Waals surface area contributed by atoms with Crippen LogP contribution < -0.4 is 15.6 Å². The molecule has 22 heavy (non-hydrogen) atoms. The van der Waals surface area contributed by atoms with Crippen LogP contribution in [0.3, 0.4) is 0 Å². The van der Waals surface area contributed by atoms with Crippen molar-refractivity contribution in [2.24, 2.45) is 0 Å². The summed E-state index contributed by atoms with van der Waals surface area (Å²) in [5.41, 5.74) is 1.47. The van der Waals surface area contributed by atoms with E-state index in [0.717, 1.165) is 5.56 Å². The lowest BCUT2D eigenvalue weighted by molar-refractivity contribution is 0.0693. The molecule has 1 aliphatic rings. The van der Waals surface area contributed by atoms with Crippen molar-refractivity contribution in [1.29, 1.82) is 0 Å². The Hall–Kier alpha value is -2.60. The molecule has 0 aliphatic carbocycles. The number of benzene rings is 1. The molecule has 1 aromatic carbocycles. The largest absolute Gasteiger partial charge is 0.497 e. The summed E-state index contributed by atoms with van der Waals surface area (Å²) >= 11 is 0. The van der Waals surface area contributed by atoms with Gasteiger partial charge < -0.3 is 15.2 Å². The van der Waals surface area contributed by atoms with Crippen LogP contribution in [0.15, 0.2) is 35.3 Å². The van der Waals surface area contributed by atoms with Crippen LogP contribution in [0, 0.1) is 0 Å². The number of hydrogen-bond donors (Lipinski definition) is 2. The number of carboxylic acid groups (broad SMARTS) is 1. The van der Waals surface area contributed by atoms with E-state index in [2.05, 4.69) is 5.32 Å². The van der Waals surface area contributed by atoms with E-state index < -0.39 is 11.5 Å². The number of carbonyl (C=O) groups is 1. The number of ether oxygens (including phenoxy) is 1. The lowest BCUT2D eigenvalue weighted by Crippen LogP contribution is -2.33. The lowest BCUT2D eigenvalue weighted by Gasteiger charge is -2.20. The van der Waals surface area contributed by atoms with E-state index >= 15 is 0 Å². The van der Waals surface area contributed by atoms with Crippen molar-refractivity contribution in [3.05, 3.63) is 57.5 Å². The molecular formula is C16H16N2O4. The molecule has 114 valence electrons. The number of carboxylic acids is 1. The molecule has 0 saturated carbocycles. The number of rotatable bonds is 3. The van der Waals surface area contributed by atoms with E-state index in [0.29, 0.717) is 36.5 Å². The first-order valence-electron chi connectivity index (χ1n) is 6.97. The molecule has 2 aromatic rings. The molecule has 2 heterocycles. The van der Waals surface area contributed by atoms with Crippen molar-refractivity contribution in [3.8, 4) is 11.4 Å². The predicted molar refractivity (Wildman–Crippen MR) is 81.0 cm³/mol. The molecule has 6 nitrogen and oxygen atoms in total. The molecule has 2 N–H and O–H groups in total. The van der Waals surface area contributed by atoms with Crippen LogP contribution >= 0.6 is 0 Å². The number of fused-ring (bicyclic) bond motifs is 1. The van der Waals surface area contributed by atoms with Gasteiger partial charge in [0.15, 0.2) is 0 Å². The SMILES string of the molecule is COc1ccc(-n2cc3c(c(C(=O)O)c2=O)CCNC3)cc1. The van der Waals surface area contributed by atoms with Crippen LogP contribution in [0.4, 0.5) is 0 Å². The zero-order valence-electron chi connectivity index (χ0n) is 12.1. The van der Waals surface area contributed by atoms with E-state index in [4.69, 9.17) is 4.74 Å². The summed E-state index contributed by atoms with van der Waals surface area (Å²) in [7, 11) is 1.56. The predicted octanol–water partition coefficient (Wildman–Crippen LogP) is 1.19. The fraction of sp³-hybridized carbons (Fsp3) is 0.250. The average molecular weight is 300 g/mol. The minimum absolute atomic E-state index is 0.130. The average Bonchev–Trinajstić information content (AvgIpc) is 2.54. The number of nitrogens with one attached hydrogen (secondary N) is 1. The standard InChI is InChI=1S/C16H16N2O4/c1-22-12-4-2-11(3-5-12)18-9-10-8-17-7-6-13(10)14(15(18)19)16(20)21/h2-5,9,17H,6-8H2,1H3,(H,20,21). The molecule has 1 aromatic heterocycles. The van der Waals surface area contributed by atoms with Gasteiger partial charge in [-0.15, -0.1) is 0 Å². The Balaban J connectivity index is 2.21. The molecule has 1 aliphatic heterocycles. The van der Waals surface area contributed by atoms with E-state index in [1.54, 1.807) is 37.6 Å². The van der Waals surface area contributed by atoms with Gasteiger partial charge in [-0.3, -0.25) is 9.36 Å². The molecule has 0 fully saturated rings. The molecule has 0 atom stereocenters. The number of pyridine rings is 1. The summed E-state index contributed by atoms with van der Waals surface area (Å²) < 4.78 is 6.48. The van der Waals surface area contributed by atoms with Crippen LogP contribution in [0.25, 0.3) is 5.69 Å². The van der Waals surface area contributed by atoms with Gasteiger partial charge >= 0.3 is 5.97 Å². The molecule has 0 unspecified atom stereocenters. The molecule has 6 heteroatoms. The molecule has 3 rings (SSSR count). The van der Waals surface area contributed by atoms with E-state index in [1.165, 1.54) is 4.57 Å². The van der Waals surface area contributed by atoms with Crippen molar-refractivity contribution in [2.45, 2.75) is 13.0 Å². The second-order valence-electron chi connectivity index (χ2n) is 5.11. The third-order valence-corrected chi connectivity index (χ3v) is 3.84. The van der Waals surface area contributed by atoms with Gasteiger partial charge in [0.2, 0.25) is 0 Å². The summed E-state index contributed by atoms with van der Waals surface area (Å²) in [5.74, 6) is -0.499. The zero-order valence-corrected chi connectivity index (χ0v) is 12.1. The Labute approximate surface area is 127 Å². The first kappa shape index (κ1) is 14.3. The minimum atomic E-state index is -1.17. The first-order chi connectivity index (χ1) is 10.6. The highest BCUT2D eigenvalue weighted by atomic mass is 16.5. The van der Waals surface area contributed by atoms with Gasteiger partial charge in [0.1, 0.15) is 11.3 Å². The maximum Gasteiger partial charge on any atom is 0.341 e. The maximum atomic E-state index is 12.6. The van der Waals surface area contributed by atoms with Gasteiger partial charge in [-0.2, -0.15) is 0 Å². The fourth-order valence-electron chi connectivity index (χ4n) is 2.73. The summed E-state index contributed by atoms with van der Waals surface area (Å²) in [6.07, 6.45) is 2.27. The molecule has 0 bridgehead atoms. The van der Waals surface area contributed by atoms with Gasteiger partial charge in [-0.05, 0) is 48.4 Å². The highest BCUT2D eigenvalue weighted by Crippen LogP contribution is 2.19. The normalized spacial score (nSPS) is 13.5. The Kier molecular flexibility index (Phi) is 3.68.